The molecule has 2 aliphatic rings. The summed E-state index contributed by atoms with van der Waals surface area (Å²) in [6, 6.07) is 0.418. The Kier molecular flexibility index (Phi) is 3.73. The number of carbonyl (C=O) groups is 1. The maximum atomic E-state index is 12.6. The van der Waals surface area contributed by atoms with Crippen molar-refractivity contribution < 1.29 is 4.79 Å². The summed E-state index contributed by atoms with van der Waals surface area (Å²) in [5.74, 6) is 0.360. The number of likely N-dealkylation sites (tertiary alicyclic amines) is 1. The predicted molar refractivity (Wildman–Crippen MR) is 68.9 cm³/mol. The van der Waals surface area contributed by atoms with Crippen molar-refractivity contribution in [2.24, 2.45) is 5.41 Å². The van der Waals surface area contributed by atoms with Crippen molar-refractivity contribution in [3.63, 3.8) is 0 Å². The van der Waals surface area contributed by atoms with Crippen LogP contribution in [0.15, 0.2) is 0 Å². The molecule has 1 N–H and O–H groups in total. The van der Waals surface area contributed by atoms with Crippen LogP contribution in [-0.2, 0) is 4.79 Å². The van der Waals surface area contributed by atoms with Crippen LogP contribution in [0.2, 0.25) is 0 Å². The molecule has 0 aromatic carbocycles. The highest BCUT2D eigenvalue weighted by molar-refractivity contribution is 5.84. The minimum Gasteiger partial charge on any atom is -0.341 e. The lowest BCUT2D eigenvalue weighted by molar-refractivity contribution is -0.147. The number of nitrogens with zero attached hydrogens (tertiary/aromatic N) is 2. The maximum absolute atomic E-state index is 12.6. The summed E-state index contributed by atoms with van der Waals surface area (Å²) in [4.78, 5) is 16.9. The van der Waals surface area contributed by atoms with Gasteiger partial charge in [-0.2, -0.15) is 0 Å². The van der Waals surface area contributed by atoms with Gasteiger partial charge in [-0.05, 0) is 39.9 Å². The summed E-state index contributed by atoms with van der Waals surface area (Å²) in [7, 11) is 6.06. The van der Waals surface area contributed by atoms with E-state index in [1.54, 1.807) is 0 Å². The highest BCUT2D eigenvalue weighted by Gasteiger charge is 2.46. The summed E-state index contributed by atoms with van der Waals surface area (Å²) < 4.78 is 0. The number of amides is 1. The summed E-state index contributed by atoms with van der Waals surface area (Å²) in [5.41, 5.74) is -0.0926. The lowest BCUT2D eigenvalue weighted by atomic mass is 9.67. The van der Waals surface area contributed by atoms with E-state index in [0.29, 0.717) is 11.9 Å². The molecular formula is C13H25N3O. The molecule has 1 heterocycles. The van der Waals surface area contributed by atoms with E-state index in [9.17, 15) is 4.79 Å². The first-order valence-electron chi connectivity index (χ1n) is 6.69. The quantitative estimate of drug-likeness (QED) is 0.778. The van der Waals surface area contributed by atoms with Crippen LogP contribution in [0.3, 0.4) is 0 Å². The molecule has 0 aromatic heterocycles. The molecule has 1 atom stereocenters. The van der Waals surface area contributed by atoms with Gasteiger partial charge in [-0.15, -0.1) is 0 Å². The number of hydrogen-bond acceptors (Lipinski definition) is 3. The van der Waals surface area contributed by atoms with E-state index in [2.05, 4.69) is 17.3 Å². The average Bonchev–Trinajstić information content (AvgIpc) is 2.68. The Balaban J connectivity index is 1.98. The van der Waals surface area contributed by atoms with Crippen LogP contribution in [0.25, 0.3) is 0 Å². The Bertz CT molecular complexity index is 288. The molecule has 0 aromatic rings. The van der Waals surface area contributed by atoms with Gasteiger partial charge >= 0.3 is 0 Å². The lowest BCUT2D eigenvalue weighted by Crippen LogP contribution is -2.54. The molecule has 17 heavy (non-hydrogen) atoms. The molecule has 0 radical (unpaired) electrons. The van der Waals surface area contributed by atoms with Crippen molar-refractivity contribution in [2.45, 2.75) is 31.7 Å². The average molecular weight is 239 g/mol. The second-order valence-electron chi connectivity index (χ2n) is 5.79. The fourth-order valence-corrected chi connectivity index (χ4v) is 3.18. The summed E-state index contributed by atoms with van der Waals surface area (Å²) in [6.07, 6.45) is 4.43. The molecule has 1 saturated carbocycles. The topological polar surface area (TPSA) is 35.6 Å². The standard InChI is InChI=1S/C13H25N3O/c1-14-10-13(6-4-7-13)12(17)16(3)11-5-8-15(2)9-11/h11,14H,4-10H2,1-3H3. The van der Waals surface area contributed by atoms with Crippen LogP contribution in [0, 0.1) is 5.41 Å². The monoisotopic (exact) mass is 239 g/mol. The Morgan fingerprint density at radius 3 is 2.65 bits per heavy atom. The van der Waals surface area contributed by atoms with E-state index in [1.807, 2.05) is 19.0 Å². The van der Waals surface area contributed by atoms with E-state index in [-0.39, 0.29) is 5.41 Å². The summed E-state index contributed by atoms with van der Waals surface area (Å²) >= 11 is 0. The number of rotatable bonds is 4. The first-order valence-corrected chi connectivity index (χ1v) is 6.69. The summed E-state index contributed by atoms with van der Waals surface area (Å²) in [5, 5.41) is 3.19. The van der Waals surface area contributed by atoms with E-state index < -0.39 is 0 Å². The van der Waals surface area contributed by atoms with Crippen molar-refractivity contribution in [2.75, 3.05) is 40.8 Å². The molecule has 1 aliphatic heterocycles. The van der Waals surface area contributed by atoms with Crippen molar-refractivity contribution in [1.82, 2.24) is 15.1 Å². The third kappa shape index (κ3) is 2.33. The van der Waals surface area contributed by atoms with Gasteiger partial charge in [0.05, 0.1) is 5.41 Å². The largest absolute Gasteiger partial charge is 0.341 e. The predicted octanol–water partition coefficient (Wildman–Crippen LogP) is 0.539. The van der Waals surface area contributed by atoms with Crippen LogP contribution < -0.4 is 5.32 Å². The van der Waals surface area contributed by atoms with E-state index >= 15 is 0 Å². The molecule has 1 aliphatic carbocycles. The fourth-order valence-electron chi connectivity index (χ4n) is 3.18. The van der Waals surface area contributed by atoms with Gasteiger partial charge in [0.1, 0.15) is 0 Å². The molecule has 4 nitrogen and oxygen atoms in total. The molecule has 4 heteroatoms. The number of nitrogens with one attached hydrogen (secondary N) is 1. The van der Waals surface area contributed by atoms with Crippen molar-refractivity contribution in [1.29, 1.82) is 0 Å². The minimum atomic E-state index is -0.0926. The third-order valence-corrected chi connectivity index (χ3v) is 4.51. The molecule has 1 amide bonds. The molecule has 98 valence electrons. The number of likely N-dealkylation sites (N-methyl/N-ethyl adjacent to an activating group) is 2. The van der Waals surface area contributed by atoms with Crippen LogP contribution in [-0.4, -0.2) is 62.5 Å². The molecule has 0 spiro atoms. The lowest BCUT2D eigenvalue weighted by Gasteiger charge is -2.44. The van der Waals surface area contributed by atoms with Gasteiger partial charge in [0.15, 0.2) is 0 Å². The van der Waals surface area contributed by atoms with Gasteiger partial charge < -0.3 is 15.1 Å². The molecule has 1 saturated heterocycles. The van der Waals surface area contributed by atoms with Gasteiger partial charge in [0.2, 0.25) is 5.91 Å². The van der Waals surface area contributed by atoms with Gasteiger partial charge in [0, 0.05) is 26.2 Å². The van der Waals surface area contributed by atoms with E-state index in [4.69, 9.17) is 0 Å². The molecular weight excluding hydrogens is 214 g/mol. The molecule has 1 unspecified atom stereocenters. The van der Waals surface area contributed by atoms with Crippen molar-refractivity contribution in [3.05, 3.63) is 0 Å². The van der Waals surface area contributed by atoms with Gasteiger partial charge in [0.25, 0.3) is 0 Å². The van der Waals surface area contributed by atoms with Crippen LogP contribution >= 0.6 is 0 Å². The smallest absolute Gasteiger partial charge is 0.230 e. The molecule has 0 bridgehead atoms. The highest BCUT2D eigenvalue weighted by atomic mass is 16.2. The third-order valence-electron chi connectivity index (χ3n) is 4.51. The Labute approximate surface area is 104 Å². The Morgan fingerprint density at radius 2 is 2.24 bits per heavy atom. The Morgan fingerprint density at radius 1 is 1.53 bits per heavy atom. The zero-order valence-electron chi connectivity index (χ0n) is 11.3. The SMILES string of the molecule is CNCC1(C(=O)N(C)C2CCN(C)C2)CCC1. The zero-order valence-corrected chi connectivity index (χ0v) is 11.3. The van der Waals surface area contributed by atoms with Crippen LogP contribution in [0.4, 0.5) is 0 Å². The summed E-state index contributed by atoms with van der Waals surface area (Å²) in [6.45, 7) is 2.97. The van der Waals surface area contributed by atoms with Crippen LogP contribution in [0.1, 0.15) is 25.7 Å². The van der Waals surface area contributed by atoms with E-state index in [0.717, 1.165) is 38.9 Å². The maximum Gasteiger partial charge on any atom is 0.230 e. The van der Waals surface area contributed by atoms with Gasteiger partial charge in [-0.25, -0.2) is 0 Å². The molecule has 2 rings (SSSR count). The number of carbonyl (C=O) groups excluding carboxylic acids is 1. The second-order valence-corrected chi connectivity index (χ2v) is 5.79. The highest BCUT2D eigenvalue weighted by Crippen LogP contribution is 2.42. The fraction of sp³-hybridized carbons (Fsp3) is 0.923. The van der Waals surface area contributed by atoms with E-state index in [1.165, 1.54) is 6.42 Å². The Hall–Kier alpha value is -0.610. The van der Waals surface area contributed by atoms with Crippen LogP contribution in [0.5, 0.6) is 0 Å². The first kappa shape index (κ1) is 12.8. The van der Waals surface area contributed by atoms with Crippen molar-refractivity contribution >= 4 is 5.91 Å². The molecule has 2 fully saturated rings. The minimum absolute atomic E-state index is 0.0926. The zero-order chi connectivity index (χ0) is 12.5. The normalized spacial score (nSPS) is 27.8. The first-order chi connectivity index (χ1) is 8.09. The van der Waals surface area contributed by atoms with Gasteiger partial charge in [-0.3, -0.25) is 4.79 Å². The van der Waals surface area contributed by atoms with Gasteiger partial charge in [-0.1, -0.05) is 6.42 Å². The van der Waals surface area contributed by atoms with Crippen molar-refractivity contribution in [3.8, 4) is 0 Å². The second kappa shape index (κ2) is 4.94. The number of hydrogen-bond donors (Lipinski definition) is 1.